The van der Waals surface area contributed by atoms with Crippen LogP contribution in [0.4, 0.5) is 0 Å². The fraction of sp³-hybridized carbons (Fsp3) is 0.400. The fourth-order valence-electron chi connectivity index (χ4n) is 4.79. The van der Waals surface area contributed by atoms with Gasteiger partial charge in [0.1, 0.15) is 0 Å². The molecule has 1 aliphatic heterocycles. The third-order valence-electron chi connectivity index (χ3n) is 6.22. The van der Waals surface area contributed by atoms with Gasteiger partial charge in [0, 0.05) is 12.5 Å². The number of ether oxygens (including phenoxy) is 1. The summed E-state index contributed by atoms with van der Waals surface area (Å²) < 4.78 is 5.07. The first kappa shape index (κ1) is 21.2. The van der Waals surface area contributed by atoms with E-state index >= 15 is 0 Å². The molecule has 2 unspecified atom stereocenters. The first-order valence-corrected chi connectivity index (χ1v) is 10.7. The lowest BCUT2D eigenvalue weighted by atomic mass is 9.92. The Labute approximate surface area is 182 Å². The Morgan fingerprint density at radius 3 is 2.35 bits per heavy atom. The van der Waals surface area contributed by atoms with E-state index in [1.807, 2.05) is 42.2 Å². The molecule has 0 saturated heterocycles. The van der Waals surface area contributed by atoms with Gasteiger partial charge < -0.3 is 14.7 Å². The van der Waals surface area contributed by atoms with Crippen molar-refractivity contribution in [1.29, 1.82) is 10.8 Å². The average molecular weight is 420 g/mol. The molecule has 1 heterocycles. The lowest BCUT2D eigenvalue weighted by Crippen LogP contribution is -2.52. The van der Waals surface area contributed by atoms with Gasteiger partial charge in [-0.05, 0) is 68.4 Å². The summed E-state index contributed by atoms with van der Waals surface area (Å²) in [7, 11) is 0. The van der Waals surface area contributed by atoms with Crippen molar-refractivity contribution in [2.45, 2.75) is 58.2 Å². The van der Waals surface area contributed by atoms with Crippen molar-refractivity contribution in [2.24, 2.45) is 5.92 Å². The second-order valence-corrected chi connectivity index (χ2v) is 9.16. The summed E-state index contributed by atoms with van der Waals surface area (Å²) in [4.78, 5) is 15.5. The van der Waals surface area contributed by atoms with Crippen LogP contribution >= 0.6 is 0 Å². The average Bonchev–Trinajstić information content (AvgIpc) is 3.50. The molecule has 2 aliphatic rings. The number of fused-ring (bicyclic) bond motifs is 1. The molecule has 0 aromatic heterocycles. The molecule has 0 bridgehead atoms. The number of aliphatic hydroxyl groups is 1. The van der Waals surface area contributed by atoms with E-state index in [2.05, 4.69) is 0 Å². The van der Waals surface area contributed by atoms with Crippen LogP contribution in [0.15, 0.2) is 42.5 Å². The van der Waals surface area contributed by atoms with Crippen molar-refractivity contribution in [2.75, 3.05) is 0 Å². The Morgan fingerprint density at radius 2 is 1.81 bits per heavy atom. The fourth-order valence-corrected chi connectivity index (χ4v) is 4.79. The zero-order valence-electron chi connectivity index (χ0n) is 18.4. The van der Waals surface area contributed by atoms with E-state index in [1.54, 1.807) is 26.0 Å². The molecule has 3 N–H and O–H groups in total. The standard InChI is InChI=1S/C25H29N3O3/c1-14-19-6-5-7-20(16-8-12-18(13-9-16)23(27)31-15(2)26)21(19)24(29)28(14)22(17-10-11-17)25(3,4)30/h5-9,12-14,17,22,26-27,30H,10-11H2,1-4H3. The summed E-state index contributed by atoms with van der Waals surface area (Å²) in [5, 5.41) is 26.2. The zero-order valence-corrected chi connectivity index (χ0v) is 18.4. The molecule has 1 fully saturated rings. The van der Waals surface area contributed by atoms with Crippen LogP contribution in [0.25, 0.3) is 11.1 Å². The van der Waals surface area contributed by atoms with Gasteiger partial charge in [-0.1, -0.05) is 30.3 Å². The van der Waals surface area contributed by atoms with Crippen molar-refractivity contribution in [1.82, 2.24) is 4.90 Å². The van der Waals surface area contributed by atoms with Crippen LogP contribution in [0.3, 0.4) is 0 Å². The first-order chi connectivity index (χ1) is 14.6. The number of amides is 1. The Bertz CT molecular complexity index is 1050. The highest BCUT2D eigenvalue weighted by Crippen LogP contribution is 2.47. The van der Waals surface area contributed by atoms with E-state index in [1.165, 1.54) is 6.92 Å². The van der Waals surface area contributed by atoms with E-state index in [9.17, 15) is 9.90 Å². The quantitative estimate of drug-likeness (QED) is 0.481. The smallest absolute Gasteiger partial charge is 0.255 e. The van der Waals surface area contributed by atoms with Crippen molar-refractivity contribution in [3.63, 3.8) is 0 Å². The van der Waals surface area contributed by atoms with Gasteiger partial charge in [-0.2, -0.15) is 0 Å². The Hall–Kier alpha value is -2.99. The topological polar surface area (TPSA) is 97.5 Å². The number of nitrogens with one attached hydrogen (secondary N) is 2. The molecular formula is C25H29N3O3. The summed E-state index contributed by atoms with van der Waals surface area (Å²) in [6.45, 7) is 7.12. The van der Waals surface area contributed by atoms with E-state index in [0.717, 1.165) is 29.5 Å². The highest BCUT2D eigenvalue weighted by Gasteiger charge is 2.50. The predicted molar refractivity (Wildman–Crippen MR) is 121 cm³/mol. The monoisotopic (exact) mass is 419 g/mol. The zero-order chi connectivity index (χ0) is 22.5. The molecule has 4 rings (SSSR count). The number of carbonyl (C=O) groups is 1. The first-order valence-electron chi connectivity index (χ1n) is 10.7. The largest absolute Gasteiger partial charge is 0.426 e. The number of nitrogens with zero attached hydrogens (tertiary/aromatic N) is 1. The molecule has 2 aromatic carbocycles. The third kappa shape index (κ3) is 3.88. The summed E-state index contributed by atoms with van der Waals surface area (Å²) >= 11 is 0. The van der Waals surface area contributed by atoms with Crippen LogP contribution in [-0.4, -0.2) is 39.4 Å². The van der Waals surface area contributed by atoms with Crippen molar-refractivity contribution in [3.05, 3.63) is 59.2 Å². The highest BCUT2D eigenvalue weighted by molar-refractivity contribution is 6.06. The summed E-state index contributed by atoms with van der Waals surface area (Å²) in [6.07, 6.45) is 2.08. The molecule has 2 aromatic rings. The molecule has 1 saturated carbocycles. The van der Waals surface area contributed by atoms with Gasteiger partial charge in [0.05, 0.1) is 23.2 Å². The molecule has 2 atom stereocenters. The minimum absolute atomic E-state index is 0.0308. The Balaban J connectivity index is 1.70. The lowest BCUT2D eigenvalue weighted by Gasteiger charge is -2.39. The van der Waals surface area contributed by atoms with Crippen LogP contribution in [0.1, 0.15) is 68.1 Å². The normalized spacial score (nSPS) is 19.2. The number of rotatable bonds is 5. The number of benzene rings is 2. The molecule has 1 aliphatic carbocycles. The van der Waals surface area contributed by atoms with E-state index in [-0.39, 0.29) is 29.8 Å². The van der Waals surface area contributed by atoms with E-state index in [4.69, 9.17) is 15.6 Å². The van der Waals surface area contributed by atoms with Gasteiger partial charge in [-0.25, -0.2) is 0 Å². The Morgan fingerprint density at radius 1 is 1.16 bits per heavy atom. The molecule has 0 spiro atoms. The van der Waals surface area contributed by atoms with Gasteiger partial charge in [-0.15, -0.1) is 0 Å². The molecule has 162 valence electrons. The second-order valence-electron chi connectivity index (χ2n) is 9.16. The highest BCUT2D eigenvalue weighted by atomic mass is 16.5. The molecule has 6 nitrogen and oxygen atoms in total. The third-order valence-corrected chi connectivity index (χ3v) is 6.22. The van der Waals surface area contributed by atoms with Crippen molar-refractivity contribution >= 4 is 17.7 Å². The van der Waals surface area contributed by atoms with Crippen molar-refractivity contribution in [3.8, 4) is 11.1 Å². The maximum atomic E-state index is 13.7. The summed E-state index contributed by atoms with van der Waals surface area (Å²) in [6, 6.07) is 12.9. The molecule has 1 amide bonds. The summed E-state index contributed by atoms with van der Waals surface area (Å²) in [5.41, 5.74) is 3.01. The van der Waals surface area contributed by atoms with E-state index in [0.29, 0.717) is 17.0 Å². The number of hydrogen-bond acceptors (Lipinski definition) is 5. The van der Waals surface area contributed by atoms with Crippen LogP contribution in [0.2, 0.25) is 0 Å². The van der Waals surface area contributed by atoms with Crippen LogP contribution < -0.4 is 0 Å². The maximum absolute atomic E-state index is 13.7. The van der Waals surface area contributed by atoms with Crippen LogP contribution in [0.5, 0.6) is 0 Å². The molecular weight excluding hydrogens is 390 g/mol. The van der Waals surface area contributed by atoms with Gasteiger partial charge in [0.15, 0.2) is 5.90 Å². The van der Waals surface area contributed by atoms with Gasteiger partial charge in [0.2, 0.25) is 5.90 Å². The minimum atomic E-state index is -0.970. The molecule has 6 heteroatoms. The minimum Gasteiger partial charge on any atom is -0.426 e. The maximum Gasteiger partial charge on any atom is 0.255 e. The molecule has 0 radical (unpaired) electrons. The van der Waals surface area contributed by atoms with Crippen LogP contribution in [0, 0.1) is 16.7 Å². The van der Waals surface area contributed by atoms with Gasteiger partial charge in [0.25, 0.3) is 5.91 Å². The summed E-state index contributed by atoms with van der Waals surface area (Å²) in [5.74, 6) is 0.195. The predicted octanol–water partition coefficient (Wildman–Crippen LogP) is 4.76. The number of hydrogen-bond donors (Lipinski definition) is 3. The van der Waals surface area contributed by atoms with Gasteiger partial charge in [-0.3, -0.25) is 15.6 Å². The SMILES string of the molecule is CC(=N)OC(=N)c1ccc(-c2cccc3c2C(=O)N(C(C2CC2)C(C)(C)O)C3C)cc1. The van der Waals surface area contributed by atoms with Gasteiger partial charge >= 0.3 is 0 Å². The molecule has 31 heavy (non-hydrogen) atoms. The lowest BCUT2D eigenvalue weighted by molar-refractivity contribution is -0.0305. The van der Waals surface area contributed by atoms with Crippen molar-refractivity contribution < 1.29 is 14.6 Å². The second kappa shape index (κ2) is 7.61. The number of carbonyl (C=O) groups excluding carboxylic acids is 1. The Kier molecular flexibility index (Phi) is 5.21. The van der Waals surface area contributed by atoms with Crippen LogP contribution in [-0.2, 0) is 4.74 Å². The van der Waals surface area contributed by atoms with E-state index < -0.39 is 5.60 Å².